The Kier molecular flexibility index (Phi) is 52.1. The van der Waals surface area contributed by atoms with E-state index in [1.54, 1.807) is 6.08 Å². The van der Waals surface area contributed by atoms with Crippen molar-refractivity contribution < 1.29 is 24.5 Å². The Morgan fingerprint density at radius 2 is 0.800 bits per heavy atom. The lowest BCUT2D eigenvalue weighted by Gasteiger charge is -2.20. The number of aliphatic hydroxyl groups excluding tert-OH is 2. The largest absolute Gasteiger partial charge is 0.465 e. The third kappa shape index (κ3) is 50.8. The van der Waals surface area contributed by atoms with Crippen molar-refractivity contribution in [3.05, 3.63) is 60.8 Å². The van der Waals surface area contributed by atoms with E-state index in [0.717, 1.165) is 64.2 Å². The van der Waals surface area contributed by atoms with Crippen LogP contribution < -0.4 is 5.32 Å². The quantitative estimate of drug-likeness (QED) is 0.0321. The van der Waals surface area contributed by atoms with Crippen LogP contribution in [0.3, 0.4) is 0 Å². The molecule has 0 aromatic rings. The van der Waals surface area contributed by atoms with Gasteiger partial charge in [0.05, 0.1) is 25.4 Å². The fourth-order valence-electron chi connectivity index (χ4n) is 8.21. The van der Waals surface area contributed by atoms with Crippen molar-refractivity contribution in [3.8, 4) is 0 Å². The summed E-state index contributed by atoms with van der Waals surface area (Å²) in [6.07, 6.45) is 69.7. The average Bonchev–Trinajstić information content (AvgIpc) is 3.31. The fourth-order valence-corrected chi connectivity index (χ4v) is 8.21. The molecule has 6 heteroatoms. The molecule has 0 saturated heterocycles. The van der Waals surface area contributed by atoms with E-state index in [9.17, 15) is 19.8 Å². The number of aliphatic hydroxyl groups is 2. The Bertz CT molecular complexity index is 1140. The summed E-state index contributed by atoms with van der Waals surface area (Å²) in [6.45, 7) is 4.71. The lowest BCUT2D eigenvalue weighted by molar-refractivity contribution is -0.143. The van der Waals surface area contributed by atoms with Crippen LogP contribution in [0.15, 0.2) is 60.8 Å². The second kappa shape index (κ2) is 54.2. The summed E-state index contributed by atoms with van der Waals surface area (Å²) in [5.74, 6) is -0.126. The molecule has 3 N–H and O–H groups in total. The first-order valence-electron chi connectivity index (χ1n) is 28.1. The predicted octanol–water partition coefficient (Wildman–Crippen LogP) is 17.2. The molecule has 1 amide bonds. The summed E-state index contributed by atoms with van der Waals surface area (Å²) >= 11 is 0. The summed E-state index contributed by atoms with van der Waals surface area (Å²) in [4.78, 5) is 24.4. The standard InChI is InChI=1S/C59H107NO5/c1-3-5-7-9-11-13-15-17-28-31-35-39-43-47-51-57(62)56(55-61)60-58(63)52-48-44-40-36-32-29-25-23-21-19-18-20-22-24-26-30-34-38-42-46-50-54-65-59(64)53-49-45-41-37-33-27-16-14-12-10-8-6-4-2/h8,10,14,16,30,34,42,46-47,51,56-57,61-62H,3-7,9,11-13,15,17-29,31-33,35-41,43-45,48-50,52-55H2,1-2H3,(H,60,63)/b10-8-,16-14-,34-30-,46-42-,51-47+. The minimum Gasteiger partial charge on any atom is -0.465 e. The number of esters is 1. The Labute approximate surface area is 403 Å². The molecular formula is C59H107NO5. The van der Waals surface area contributed by atoms with Crippen LogP contribution in [0.5, 0.6) is 0 Å². The molecule has 0 fully saturated rings. The highest BCUT2D eigenvalue weighted by molar-refractivity contribution is 5.76. The Morgan fingerprint density at radius 3 is 1.23 bits per heavy atom. The average molecular weight is 911 g/mol. The highest BCUT2D eigenvalue weighted by atomic mass is 16.5. The first-order chi connectivity index (χ1) is 32.0. The molecule has 0 aromatic carbocycles. The molecule has 0 aromatic heterocycles. The van der Waals surface area contributed by atoms with Gasteiger partial charge in [0, 0.05) is 12.8 Å². The molecule has 0 heterocycles. The van der Waals surface area contributed by atoms with Crippen LogP contribution in [-0.2, 0) is 14.3 Å². The topological polar surface area (TPSA) is 95.9 Å². The van der Waals surface area contributed by atoms with Gasteiger partial charge in [-0.3, -0.25) is 9.59 Å². The monoisotopic (exact) mass is 910 g/mol. The van der Waals surface area contributed by atoms with Crippen molar-refractivity contribution in [1.29, 1.82) is 0 Å². The van der Waals surface area contributed by atoms with Crippen LogP contribution in [0, 0.1) is 0 Å². The molecule has 2 unspecified atom stereocenters. The lowest BCUT2D eigenvalue weighted by atomic mass is 10.0. The molecule has 0 spiro atoms. The number of unbranched alkanes of at least 4 members (excludes halogenated alkanes) is 32. The predicted molar refractivity (Wildman–Crippen MR) is 282 cm³/mol. The maximum Gasteiger partial charge on any atom is 0.305 e. The maximum absolute atomic E-state index is 12.4. The van der Waals surface area contributed by atoms with Gasteiger partial charge >= 0.3 is 5.97 Å². The number of allylic oxidation sites excluding steroid dienone is 8. The number of rotatable bonds is 51. The summed E-state index contributed by atoms with van der Waals surface area (Å²) in [5.41, 5.74) is 0. The molecule has 0 saturated carbocycles. The van der Waals surface area contributed by atoms with Gasteiger partial charge < -0.3 is 20.3 Å². The number of amides is 1. The van der Waals surface area contributed by atoms with E-state index in [4.69, 9.17) is 4.74 Å². The van der Waals surface area contributed by atoms with E-state index < -0.39 is 12.1 Å². The second-order valence-electron chi connectivity index (χ2n) is 18.9. The fraction of sp³-hybridized carbons (Fsp3) is 0.797. The van der Waals surface area contributed by atoms with Crippen LogP contribution in [0.2, 0.25) is 0 Å². The smallest absolute Gasteiger partial charge is 0.305 e. The van der Waals surface area contributed by atoms with Crippen LogP contribution in [0.25, 0.3) is 0 Å². The number of nitrogens with one attached hydrogen (secondary N) is 1. The van der Waals surface area contributed by atoms with E-state index in [0.29, 0.717) is 19.4 Å². The molecule has 0 radical (unpaired) electrons. The maximum atomic E-state index is 12.4. The highest BCUT2D eigenvalue weighted by Gasteiger charge is 2.18. The highest BCUT2D eigenvalue weighted by Crippen LogP contribution is 2.16. The van der Waals surface area contributed by atoms with Gasteiger partial charge in [0.1, 0.15) is 0 Å². The molecule has 0 rings (SSSR count). The van der Waals surface area contributed by atoms with Crippen molar-refractivity contribution in [2.75, 3.05) is 13.2 Å². The number of carbonyl (C=O) groups is 2. The summed E-state index contributed by atoms with van der Waals surface area (Å²) < 4.78 is 5.39. The SMILES string of the molecule is CCC/C=C\C/C=C\CCCCCCCC(=O)OCC/C=C\C/C=C\CCCCCCCCCCCCCCCCC(=O)NC(CO)C(O)/C=C/CCCCCCCCCCCCCC. The van der Waals surface area contributed by atoms with E-state index in [1.807, 2.05) is 6.08 Å². The Hall–Kier alpha value is -2.44. The number of hydrogen-bond donors (Lipinski definition) is 3. The van der Waals surface area contributed by atoms with Crippen molar-refractivity contribution in [1.82, 2.24) is 5.32 Å². The zero-order valence-electron chi connectivity index (χ0n) is 43.0. The molecule has 0 aliphatic rings. The molecule has 2 atom stereocenters. The summed E-state index contributed by atoms with van der Waals surface area (Å²) in [5, 5.41) is 23.1. The Morgan fingerprint density at radius 1 is 0.431 bits per heavy atom. The van der Waals surface area contributed by atoms with Gasteiger partial charge in [0.2, 0.25) is 5.91 Å². The molecule has 0 bridgehead atoms. The number of hydrogen-bond acceptors (Lipinski definition) is 5. The van der Waals surface area contributed by atoms with Crippen molar-refractivity contribution in [3.63, 3.8) is 0 Å². The number of ether oxygens (including phenoxy) is 1. The summed E-state index contributed by atoms with van der Waals surface area (Å²) in [7, 11) is 0. The second-order valence-corrected chi connectivity index (χ2v) is 18.9. The molecule has 378 valence electrons. The lowest BCUT2D eigenvalue weighted by Crippen LogP contribution is -2.45. The van der Waals surface area contributed by atoms with Gasteiger partial charge in [0.15, 0.2) is 0 Å². The van der Waals surface area contributed by atoms with Crippen LogP contribution in [0.1, 0.15) is 277 Å². The van der Waals surface area contributed by atoms with Gasteiger partial charge in [-0.1, -0.05) is 248 Å². The zero-order chi connectivity index (χ0) is 47.2. The van der Waals surface area contributed by atoms with Crippen molar-refractivity contribution in [2.24, 2.45) is 0 Å². The van der Waals surface area contributed by atoms with Gasteiger partial charge in [-0.2, -0.15) is 0 Å². The van der Waals surface area contributed by atoms with Gasteiger partial charge in [0.25, 0.3) is 0 Å². The molecule has 0 aliphatic heterocycles. The van der Waals surface area contributed by atoms with Crippen LogP contribution in [0.4, 0.5) is 0 Å². The third-order valence-corrected chi connectivity index (χ3v) is 12.5. The van der Waals surface area contributed by atoms with E-state index >= 15 is 0 Å². The van der Waals surface area contributed by atoms with Crippen LogP contribution in [-0.4, -0.2) is 47.4 Å². The first-order valence-corrected chi connectivity index (χ1v) is 28.1. The van der Waals surface area contributed by atoms with E-state index in [1.165, 1.54) is 186 Å². The van der Waals surface area contributed by atoms with Crippen LogP contribution >= 0.6 is 0 Å². The summed E-state index contributed by atoms with van der Waals surface area (Å²) in [6, 6.07) is -0.632. The zero-order valence-corrected chi connectivity index (χ0v) is 43.0. The Balaban J connectivity index is 3.50. The van der Waals surface area contributed by atoms with E-state index in [-0.39, 0.29) is 18.5 Å². The minimum atomic E-state index is -0.849. The minimum absolute atomic E-state index is 0.0522. The van der Waals surface area contributed by atoms with Gasteiger partial charge in [-0.05, 0) is 77.0 Å². The molecule has 0 aliphatic carbocycles. The molecular weight excluding hydrogens is 803 g/mol. The van der Waals surface area contributed by atoms with E-state index in [2.05, 4.69) is 67.8 Å². The molecule has 65 heavy (non-hydrogen) atoms. The van der Waals surface area contributed by atoms with Crippen molar-refractivity contribution >= 4 is 11.9 Å². The van der Waals surface area contributed by atoms with Gasteiger partial charge in [-0.25, -0.2) is 0 Å². The number of carbonyl (C=O) groups excluding carboxylic acids is 2. The first kappa shape index (κ1) is 62.6. The molecule has 6 nitrogen and oxygen atoms in total. The normalized spacial score (nSPS) is 13.1. The van der Waals surface area contributed by atoms with Gasteiger partial charge in [-0.15, -0.1) is 0 Å². The third-order valence-electron chi connectivity index (χ3n) is 12.5. The van der Waals surface area contributed by atoms with Crippen molar-refractivity contribution in [2.45, 2.75) is 289 Å².